The van der Waals surface area contributed by atoms with Gasteiger partial charge in [-0.1, -0.05) is 12.1 Å². The van der Waals surface area contributed by atoms with E-state index < -0.39 is 11.9 Å². The van der Waals surface area contributed by atoms with Crippen molar-refractivity contribution in [3.63, 3.8) is 0 Å². The Hall–Kier alpha value is -2.56. The Kier molecular flexibility index (Phi) is 6.26. The van der Waals surface area contributed by atoms with Gasteiger partial charge in [0.05, 0.1) is 19.6 Å². The zero-order valence-electron chi connectivity index (χ0n) is 17.4. The highest BCUT2D eigenvalue weighted by Gasteiger charge is 2.37. The van der Waals surface area contributed by atoms with Crippen molar-refractivity contribution in [3.8, 4) is 11.5 Å². The minimum absolute atomic E-state index is 0.157. The Morgan fingerprint density at radius 3 is 2.50 bits per heavy atom. The number of rotatable bonds is 8. The third-order valence-corrected chi connectivity index (χ3v) is 6.55. The Morgan fingerprint density at radius 1 is 1.07 bits per heavy atom. The van der Waals surface area contributed by atoms with Gasteiger partial charge < -0.3 is 14.6 Å². The number of halogens is 1. The summed E-state index contributed by atoms with van der Waals surface area (Å²) in [6.45, 7) is 0.609. The van der Waals surface area contributed by atoms with Crippen molar-refractivity contribution in [3.05, 3.63) is 59.4 Å². The van der Waals surface area contributed by atoms with Crippen LogP contribution in [0.4, 0.5) is 4.39 Å². The van der Waals surface area contributed by atoms with E-state index in [1.807, 2.05) is 30.3 Å². The molecule has 30 heavy (non-hydrogen) atoms. The summed E-state index contributed by atoms with van der Waals surface area (Å²) in [5.74, 6) is 0.996. The molecule has 0 heterocycles. The molecule has 4 rings (SSSR count). The summed E-state index contributed by atoms with van der Waals surface area (Å²) in [6.07, 6.45) is 5.81. The summed E-state index contributed by atoms with van der Waals surface area (Å²) in [5, 5.41) is 9.56. The highest BCUT2D eigenvalue weighted by molar-refractivity contribution is 5.77. The van der Waals surface area contributed by atoms with Crippen molar-refractivity contribution in [2.75, 3.05) is 13.7 Å². The zero-order chi connectivity index (χ0) is 21.1. The number of hydrogen-bond donors (Lipinski definition) is 1. The van der Waals surface area contributed by atoms with E-state index in [4.69, 9.17) is 9.47 Å². The maximum Gasteiger partial charge on any atom is 0.311 e. The number of benzene rings is 2. The van der Waals surface area contributed by atoms with Crippen LogP contribution in [-0.4, -0.2) is 24.8 Å². The average Bonchev–Trinajstić information content (AvgIpc) is 3.58. The molecule has 4 nitrogen and oxygen atoms in total. The second-order valence-electron chi connectivity index (χ2n) is 8.64. The molecule has 1 unspecified atom stereocenters. The number of carboxylic acids is 1. The fraction of sp³-hybridized carbons (Fsp3) is 0.480. The fourth-order valence-corrected chi connectivity index (χ4v) is 4.66. The summed E-state index contributed by atoms with van der Waals surface area (Å²) >= 11 is 0. The first-order chi connectivity index (χ1) is 14.5. The maximum atomic E-state index is 14.3. The molecule has 2 aliphatic carbocycles. The molecule has 2 aromatic rings. The van der Waals surface area contributed by atoms with Crippen molar-refractivity contribution >= 4 is 5.97 Å². The molecule has 0 amide bonds. The Morgan fingerprint density at radius 2 is 1.83 bits per heavy atom. The molecule has 1 N–H and O–H groups in total. The lowest BCUT2D eigenvalue weighted by Gasteiger charge is -2.29. The molecule has 0 spiro atoms. The SMILES string of the molecule is COc1ccc(F)c(C2CCC(COc3cccc(C(C(=O)O)C4CC4)c3)CC2)c1. The van der Waals surface area contributed by atoms with Crippen molar-refractivity contribution in [1.29, 1.82) is 0 Å². The number of methoxy groups -OCH3 is 1. The van der Waals surface area contributed by atoms with Crippen LogP contribution in [-0.2, 0) is 4.79 Å². The van der Waals surface area contributed by atoms with Crippen LogP contribution in [0.3, 0.4) is 0 Å². The molecule has 0 bridgehead atoms. The smallest absolute Gasteiger partial charge is 0.311 e. The topological polar surface area (TPSA) is 55.8 Å². The largest absolute Gasteiger partial charge is 0.497 e. The molecule has 0 aromatic heterocycles. The minimum Gasteiger partial charge on any atom is -0.497 e. The van der Waals surface area contributed by atoms with Crippen molar-refractivity contribution < 1.29 is 23.8 Å². The number of carboxylic acid groups (broad SMARTS) is 1. The van der Waals surface area contributed by atoms with Gasteiger partial charge >= 0.3 is 5.97 Å². The lowest BCUT2D eigenvalue weighted by Crippen LogP contribution is -2.20. The van der Waals surface area contributed by atoms with Gasteiger partial charge in [-0.3, -0.25) is 4.79 Å². The van der Waals surface area contributed by atoms with E-state index in [2.05, 4.69) is 0 Å². The molecule has 0 radical (unpaired) electrons. The number of carbonyl (C=O) groups is 1. The van der Waals surface area contributed by atoms with Gasteiger partial charge in [0.2, 0.25) is 0 Å². The van der Waals surface area contributed by atoms with Crippen molar-refractivity contribution in [2.45, 2.75) is 50.4 Å². The van der Waals surface area contributed by atoms with Crippen molar-refractivity contribution in [2.24, 2.45) is 11.8 Å². The molecule has 160 valence electrons. The predicted molar refractivity (Wildman–Crippen MR) is 113 cm³/mol. The first-order valence-electron chi connectivity index (χ1n) is 10.8. The van der Waals surface area contributed by atoms with Gasteiger partial charge in [-0.05, 0) is 97.7 Å². The molecule has 2 aromatic carbocycles. The van der Waals surface area contributed by atoms with Gasteiger partial charge in [0.1, 0.15) is 17.3 Å². The quantitative estimate of drug-likeness (QED) is 0.598. The summed E-state index contributed by atoms with van der Waals surface area (Å²) < 4.78 is 25.5. The van der Waals surface area contributed by atoms with Crippen LogP contribution in [0.2, 0.25) is 0 Å². The van der Waals surface area contributed by atoms with Crippen LogP contribution in [0.5, 0.6) is 11.5 Å². The van der Waals surface area contributed by atoms with Crippen molar-refractivity contribution in [1.82, 2.24) is 0 Å². The summed E-state index contributed by atoms with van der Waals surface area (Å²) in [6, 6.07) is 12.5. The summed E-state index contributed by atoms with van der Waals surface area (Å²) in [7, 11) is 1.60. The highest BCUT2D eigenvalue weighted by Crippen LogP contribution is 2.43. The van der Waals surface area contributed by atoms with Gasteiger partial charge in [-0.25, -0.2) is 4.39 Å². The molecular weight excluding hydrogens is 383 g/mol. The van der Waals surface area contributed by atoms with Crippen LogP contribution in [0.25, 0.3) is 0 Å². The molecule has 5 heteroatoms. The lowest BCUT2D eigenvalue weighted by atomic mass is 9.79. The molecule has 2 fully saturated rings. The van der Waals surface area contributed by atoms with E-state index in [1.54, 1.807) is 13.2 Å². The summed E-state index contributed by atoms with van der Waals surface area (Å²) in [4.78, 5) is 11.6. The zero-order valence-corrected chi connectivity index (χ0v) is 17.4. The molecule has 2 saturated carbocycles. The van der Waals surface area contributed by atoms with Crippen LogP contribution < -0.4 is 9.47 Å². The Balaban J connectivity index is 1.32. The van der Waals surface area contributed by atoms with E-state index in [0.29, 0.717) is 18.3 Å². The van der Waals surface area contributed by atoms with E-state index in [1.165, 1.54) is 6.07 Å². The second-order valence-corrected chi connectivity index (χ2v) is 8.64. The third kappa shape index (κ3) is 4.77. The highest BCUT2D eigenvalue weighted by atomic mass is 19.1. The van der Waals surface area contributed by atoms with Crippen LogP contribution >= 0.6 is 0 Å². The predicted octanol–water partition coefficient (Wildman–Crippen LogP) is 5.77. The molecular formula is C25H29FO4. The normalized spacial score (nSPS) is 22.3. The Bertz CT molecular complexity index is 884. The standard InChI is InChI=1S/C25H29FO4/c1-29-20-11-12-23(26)22(14-20)17-7-5-16(6-8-17)15-30-21-4-2-3-19(13-21)24(25(27)28)18-9-10-18/h2-4,11-14,16-18,24H,5-10,15H2,1H3,(H,27,28). The monoisotopic (exact) mass is 412 g/mol. The van der Waals surface area contributed by atoms with Crippen LogP contribution in [0.1, 0.15) is 61.5 Å². The van der Waals surface area contributed by atoms with Gasteiger partial charge in [-0.15, -0.1) is 0 Å². The van der Waals surface area contributed by atoms with E-state index in [9.17, 15) is 14.3 Å². The first-order valence-corrected chi connectivity index (χ1v) is 10.8. The van der Waals surface area contributed by atoms with Gasteiger partial charge in [-0.2, -0.15) is 0 Å². The second kappa shape index (κ2) is 9.07. The Labute approximate surface area is 177 Å². The first kappa shape index (κ1) is 20.7. The van der Waals surface area contributed by atoms with Crippen LogP contribution in [0, 0.1) is 17.7 Å². The number of ether oxygens (including phenoxy) is 2. The number of aliphatic carboxylic acids is 1. The van der Waals surface area contributed by atoms with Crippen LogP contribution in [0.15, 0.2) is 42.5 Å². The molecule has 1 atom stereocenters. The molecule has 2 aliphatic rings. The van der Waals surface area contributed by atoms with E-state index in [-0.39, 0.29) is 17.7 Å². The lowest BCUT2D eigenvalue weighted by molar-refractivity contribution is -0.139. The fourth-order valence-electron chi connectivity index (χ4n) is 4.66. The maximum absolute atomic E-state index is 14.3. The summed E-state index contributed by atoms with van der Waals surface area (Å²) in [5.41, 5.74) is 1.58. The average molecular weight is 413 g/mol. The van der Waals surface area contributed by atoms with E-state index >= 15 is 0 Å². The molecule has 0 saturated heterocycles. The third-order valence-electron chi connectivity index (χ3n) is 6.55. The number of hydrogen-bond acceptors (Lipinski definition) is 3. The molecule has 0 aliphatic heterocycles. The van der Waals surface area contributed by atoms with E-state index in [0.717, 1.165) is 55.4 Å². The minimum atomic E-state index is -0.752. The van der Waals surface area contributed by atoms with Gasteiger partial charge in [0, 0.05) is 0 Å². The van der Waals surface area contributed by atoms with Gasteiger partial charge in [0.15, 0.2) is 0 Å². The van der Waals surface area contributed by atoms with Gasteiger partial charge in [0.25, 0.3) is 0 Å².